The Kier molecular flexibility index (Phi) is 1.85. The summed E-state index contributed by atoms with van der Waals surface area (Å²) in [5, 5.41) is 0. The fraction of sp³-hybridized carbons (Fsp3) is 0.429. The molecule has 0 fully saturated rings. The molecule has 0 saturated carbocycles. The standard InChI is InChI=1S/C14H17NO/c1-10-9-14(2,3)15-7-8-16-12-6-4-5-11(10)13(12)15/h4-6,9H,7-8H2,1-3H3. The van der Waals surface area contributed by atoms with Gasteiger partial charge in [0.15, 0.2) is 0 Å². The Balaban J connectivity index is 2.29. The second-order valence-corrected chi connectivity index (χ2v) is 5.13. The molecule has 0 atom stereocenters. The highest BCUT2D eigenvalue weighted by Crippen LogP contribution is 2.45. The van der Waals surface area contributed by atoms with E-state index in [-0.39, 0.29) is 5.54 Å². The first-order valence-electron chi connectivity index (χ1n) is 5.83. The van der Waals surface area contributed by atoms with Crippen LogP contribution in [0.4, 0.5) is 5.69 Å². The predicted octanol–water partition coefficient (Wildman–Crippen LogP) is 3.08. The van der Waals surface area contributed by atoms with E-state index in [1.54, 1.807) is 0 Å². The molecule has 0 unspecified atom stereocenters. The molecule has 0 aliphatic carbocycles. The topological polar surface area (TPSA) is 12.5 Å². The van der Waals surface area contributed by atoms with E-state index in [1.807, 2.05) is 0 Å². The second kappa shape index (κ2) is 3.03. The maximum atomic E-state index is 5.74. The van der Waals surface area contributed by atoms with E-state index in [2.05, 4.69) is 49.9 Å². The molecule has 3 rings (SSSR count). The Morgan fingerprint density at radius 1 is 1.31 bits per heavy atom. The van der Waals surface area contributed by atoms with Gasteiger partial charge in [0.2, 0.25) is 0 Å². The van der Waals surface area contributed by atoms with Gasteiger partial charge in [-0.2, -0.15) is 0 Å². The van der Waals surface area contributed by atoms with Crippen molar-refractivity contribution in [3.05, 3.63) is 29.8 Å². The van der Waals surface area contributed by atoms with Crippen LogP contribution in [0.3, 0.4) is 0 Å². The monoisotopic (exact) mass is 215 g/mol. The summed E-state index contributed by atoms with van der Waals surface area (Å²) < 4.78 is 5.74. The van der Waals surface area contributed by atoms with Crippen LogP contribution in [0.25, 0.3) is 5.57 Å². The van der Waals surface area contributed by atoms with E-state index in [0.29, 0.717) is 0 Å². The molecule has 2 heteroatoms. The van der Waals surface area contributed by atoms with Gasteiger partial charge in [-0.1, -0.05) is 18.2 Å². The quantitative estimate of drug-likeness (QED) is 0.659. The minimum absolute atomic E-state index is 0.0942. The Bertz CT molecular complexity index is 474. The van der Waals surface area contributed by atoms with Crippen LogP contribution < -0.4 is 9.64 Å². The zero-order valence-electron chi connectivity index (χ0n) is 10.1. The van der Waals surface area contributed by atoms with Gasteiger partial charge in [0.1, 0.15) is 12.4 Å². The predicted molar refractivity (Wildman–Crippen MR) is 67.0 cm³/mol. The molecule has 2 nitrogen and oxygen atoms in total. The van der Waals surface area contributed by atoms with Crippen LogP contribution in [0, 0.1) is 0 Å². The van der Waals surface area contributed by atoms with E-state index in [1.165, 1.54) is 16.8 Å². The normalized spacial score (nSPS) is 20.9. The Hall–Kier alpha value is -1.44. The highest BCUT2D eigenvalue weighted by molar-refractivity contribution is 5.85. The molecule has 0 spiro atoms. The molecule has 1 aromatic carbocycles. The minimum atomic E-state index is 0.0942. The van der Waals surface area contributed by atoms with Crippen LogP contribution in [-0.2, 0) is 0 Å². The van der Waals surface area contributed by atoms with Gasteiger partial charge in [-0.15, -0.1) is 0 Å². The van der Waals surface area contributed by atoms with Crippen molar-refractivity contribution in [1.82, 2.24) is 0 Å². The van der Waals surface area contributed by atoms with Gasteiger partial charge in [-0.25, -0.2) is 0 Å². The van der Waals surface area contributed by atoms with E-state index in [4.69, 9.17) is 4.74 Å². The first-order valence-corrected chi connectivity index (χ1v) is 5.83. The Labute approximate surface area is 96.5 Å². The number of hydrogen-bond acceptors (Lipinski definition) is 2. The molecule has 1 aromatic rings. The fourth-order valence-corrected chi connectivity index (χ4v) is 2.86. The van der Waals surface area contributed by atoms with E-state index >= 15 is 0 Å². The summed E-state index contributed by atoms with van der Waals surface area (Å²) in [5.41, 5.74) is 4.04. The number of para-hydroxylation sites is 1. The summed E-state index contributed by atoms with van der Waals surface area (Å²) in [7, 11) is 0. The van der Waals surface area contributed by atoms with Gasteiger partial charge in [0.25, 0.3) is 0 Å². The molecular formula is C14H17NO. The molecule has 0 saturated heterocycles. The Morgan fingerprint density at radius 2 is 2.12 bits per heavy atom. The third-order valence-electron chi connectivity index (χ3n) is 3.53. The first kappa shape index (κ1) is 9.76. The van der Waals surface area contributed by atoms with Crippen LogP contribution in [-0.4, -0.2) is 18.7 Å². The molecule has 2 heterocycles. The van der Waals surface area contributed by atoms with Crippen molar-refractivity contribution in [2.24, 2.45) is 0 Å². The maximum absolute atomic E-state index is 5.74. The van der Waals surface area contributed by atoms with Crippen molar-refractivity contribution in [3.63, 3.8) is 0 Å². The SMILES string of the molecule is CC1=CC(C)(C)N2CCOc3cccc1c32. The zero-order valence-corrected chi connectivity index (χ0v) is 10.1. The van der Waals surface area contributed by atoms with Crippen molar-refractivity contribution in [2.45, 2.75) is 26.3 Å². The van der Waals surface area contributed by atoms with Crippen molar-refractivity contribution < 1.29 is 4.74 Å². The van der Waals surface area contributed by atoms with Gasteiger partial charge >= 0.3 is 0 Å². The largest absolute Gasteiger partial charge is 0.490 e. The Morgan fingerprint density at radius 3 is 2.94 bits per heavy atom. The van der Waals surface area contributed by atoms with Crippen LogP contribution in [0.5, 0.6) is 5.75 Å². The summed E-state index contributed by atoms with van der Waals surface area (Å²) in [6.07, 6.45) is 2.35. The summed E-state index contributed by atoms with van der Waals surface area (Å²) in [6.45, 7) is 8.47. The number of ether oxygens (including phenoxy) is 1. The summed E-state index contributed by atoms with van der Waals surface area (Å²) in [4.78, 5) is 2.45. The average Bonchev–Trinajstić information content (AvgIpc) is 2.25. The van der Waals surface area contributed by atoms with Gasteiger partial charge in [0, 0.05) is 5.56 Å². The highest BCUT2D eigenvalue weighted by atomic mass is 16.5. The first-order chi connectivity index (χ1) is 7.59. The molecule has 84 valence electrons. The van der Waals surface area contributed by atoms with Gasteiger partial charge in [-0.3, -0.25) is 0 Å². The molecular weight excluding hydrogens is 198 g/mol. The number of benzene rings is 1. The molecule has 0 aromatic heterocycles. The summed E-state index contributed by atoms with van der Waals surface area (Å²) in [6, 6.07) is 6.33. The van der Waals surface area contributed by atoms with Crippen molar-refractivity contribution in [3.8, 4) is 5.75 Å². The van der Waals surface area contributed by atoms with Crippen molar-refractivity contribution in [2.75, 3.05) is 18.1 Å². The third-order valence-corrected chi connectivity index (χ3v) is 3.53. The van der Waals surface area contributed by atoms with Gasteiger partial charge < -0.3 is 9.64 Å². The lowest BCUT2D eigenvalue weighted by molar-refractivity contribution is 0.293. The van der Waals surface area contributed by atoms with Crippen molar-refractivity contribution in [1.29, 1.82) is 0 Å². The minimum Gasteiger partial charge on any atom is -0.490 e. The van der Waals surface area contributed by atoms with Crippen LogP contribution in [0.1, 0.15) is 26.3 Å². The molecule has 2 aliphatic rings. The molecule has 0 amide bonds. The number of nitrogens with zero attached hydrogens (tertiary/aromatic N) is 1. The molecule has 2 aliphatic heterocycles. The van der Waals surface area contributed by atoms with Crippen LogP contribution in [0.2, 0.25) is 0 Å². The maximum Gasteiger partial charge on any atom is 0.143 e. The molecule has 16 heavy (non-hydrogen) atoms. The van der Waals surface area contributed by atoms with Crippen molar-refractivity contribution >= 4 is 11.3 Å². The number of anilines is 1. The number of allylic oxidation sites excluding steroid dienone is 1. The summed E-state index contributed by atoms with van der Waals surface area (Å²) in [5.74, 6) is 1.03. The number of hydrogen-bond donors (Lipinski definition) is 0. The van der Waals surface area contributed by atoms with Gasteiger partial charge in [0.05, 0.1) is 17.8 Å². The fourth-order valence-electron chi connectivity index (χ4n) is 2.86. The number of rotatable bonds is 0. The zero-order chi connectivity index (χ0) is 11.3. The molecule has 0 bridgehead atoms. The van der Waals surface area contributed by atoms with E-state index < -0.39 is 0 Å². The lowest BCUT2D eigenvalue weighted by Gasteiger charge is -2.46. The molecule has 0 N–H and O–H groups in total. The second-order valence-electron chi connectivity index (χ2n) is 5.13. The third kappa shape index (κ3) is 1.19. The highest BCUT2D eigenvalue weighted by Gasteiger charge is 2.35. The van der Waals surface area contributed by atoms with E-state index in [9.17, 15) is 0 Å². The summed E-state index contributed by atoms with van der Waals surface area (Å²) >= 11 is 0. The average molecular weight is 215 g/mol. The van der Waals surface area contributed by atoms with Crippen LogP contribution in [0.15, 0.2) is 24.3 Å². The molecule has 0 radical (unpaired) electrons. The lowest BCUT2D eigenvalue weighted by Crippen LogP contribution is -2.49. The smallest absolute Gasteiger partial charge is 0.143 e. The van der Waals surface area contributed by atoms with Gasteiger partial charge in [-0.05, 0) is 32.4 Å². The van der Waals surface area contributed by atoms with Crippen LogP contribution >= 0.6 is 0 Å². The van der Waals surface area contributed by atoms with E-state index in [0.717, 1.165) is 18.9 Å². The lowest BCUT2D eigenvalue weighted by atomic mass is 9.88.